The fourth-order valence-electron chi connectivity index (χ4n) is 1.16. The quantitative estimate of drug-likeness (QED) is 0.772. The molecular formula is C11H14O4. The van der Waals surface area contributed by atoms with Crippen LogP contribution in [0.25, 0.3) is 0 Å². The third kappa shape index (κ3) is 2.62. The van der Waals surface area contributed by atoms with Gasteiger partial charge in [-0.2, -0.15) is 0 Å². The molecule has 0 aromatic heterocycles. The Balaban J connectivity index is 2.95. The normalized spacial score (nSPS) is 9.73. The van der Waals surface area contributed by atoms with Crippen molar-refractivity contribution in [2.75, 3.05) is 13.7 Å². The van der Waals surface area contributed by atoms with Gasteiger partial charge in [0.1, 0.15) is 17.1 Å². The van der Waals surface area contributed by atoms with Gasteiger partial charge in [-0.05, 0) is 18.6 Å². The third-order valence-electron chi connectivity index (χ3n) is 1.87. The van der Waals surface area contributed by atoms with Gasteiger partial charge in [0.2, 0.25) is 0 Å². The number of benzene rings is 1. The molecule has 4 nitrogen and oxygen atoms in total. The van der Waals surface area contributed by atoms with Crippen LogP contribution in [0.15, 0.2) is 18.2 Å². The number of hydrogen-bond acceptors (Lipinski definition) is 4. The number of phenolic OH excluding ortho intramolecular Hbond substituents is 1. The fourth-order valence-corrected chi connectivity index (χ4v) is 1.16. The average molecular weight is 210 g/mol. The number of carbonyl (C=O) groups excluding carboxylic acids is 1. The molecule has 0 aliphatic rings. The van der Waals surface area contributed by atoms with Crippen LogP contribution >= 0.6 is 0 Å². The molecule has 4 heteroatoms. The predicted molar refractivity (Wildman–Crippen MR) is 55.2 cm³/mol. The van der Waals surface area contributed by atoms with Crippen LogP contribution in [0.1, 0.15) is 23.7 Å². The molecule has 1 rings (SSSR count). The minimum atomic E-state index is -0.563. The number of carbonyl (C=O) groups is 1. The maximum absolute atomic E-state index is 11.5. The molecule has 82 valence electrons. The summed E-state index contributed by atoms with van der Waals surface area (Å²) in [7, 11) is 1.44. The van der Waals surface area contributed by atoms with Crippen LogP contribution in [0.4, 0.5) is 0 Å². The summed E-state index contributed by atoms with van der Waals surface area (Å²) < 4.78 is 9.89. The minimum absolute atomic E-state index is 0.0773. The summed E-state index contributed by atoms with van der Waals surface area (Å²) in [6, 6.07) is 4.62. The molecule has 1 aromatic carbocycles. The maximum Gasteiger partial charge on any atom is 0.345 e. The molecular weight excluding hydrogens is 196 g/mol. The van der Waals surface area contributed by atoms with Gasteiger partial charge in [-0.1, -0.05) is 13.0 Å². The lowest BCUT2D eigenvalue weighted by atomic mass is 10.2. The molecule has 15 heavy (non-hydrogen) atoms. The molecule has 0 aliphatic carbocycles. The molecule has 0 unspecified atom stereocenters. The first kappa shape index (κ1) is 11.4. The van der Waals surface area contributed by atoms with E-state index in [9.17, 15) is 9.90 Å². The minimum Gasteiger partial charge on any atom is -0.507 e. The first-order valence-electron chi connectivity index (χ1n) is 4.73. The Hall–Kier alpha value is -1.71. The Kier molecular flexibility index (Phi) is 3.97. The molecule has 1 N–H and O–H groups in total. The van der Waals surface area contributed by atoms with E-state index in [4.69, 9.17) is 9.47 Å². The van der Waals surface area contributed by atoms with Crippen LogP contribution in [0.5, 0.6) is 11.5 Å². The van der Waals surface area contributed by atoms with Crippen LogP contribution in [-0.4, -0.2) is 24.8 Å². The molecule has 0 bridgehead atoms. The van der Waals surface area contributed by atoms with Gasteiger partial charge in [-0.25, -0.2) is 4.79 Å². The molecule has 0 heterocycles. The van der Waals surface area contributed by atoms with Crippen LogP contribution < -0.4 is 4.74 Å². The summed E-state index contributed by atoms with van der Waals surface area (Å²) in [5.74, 6) is -0.377. The summed E-state index contributed by atoms with van der Waals surface area (Å²) >= 11 is 0. The topological polar surface area (TPSA) is 55.8 Å². The number of methoxy groups -OCH3 is 1. The second kappa shape index (κ2) is 5.24. The van der Waals surface area contributed by atoms with Gasteiger partial charge in [0, 0.05) is 0 Å². The first-order valence-corrected chi connectivity index (χ1v) is 4.73. The highest BCUT2D eigenvalue weighted by molar-refractivity contribution is 5.95. The zero-order valence-electron chi connectivity index (χ0n) is 8.82. The molecule has 0 fully saturated rings. The molecule has 0 radical (unpaired) electrons. The Labute approximate surface area is 88.4 Å². The van der Waals surface area contributed by atoms with E-state index in [-0.39, 0.29) is 11.3 Å². The number of rotatable bonds is 4. The summed E-state index contributed by atoms with van der Waals surface area (Å²) in [5, 5.41) is 9.51. The number of aromatic hydroxyl groups is 1. The highest BCUT2D eigenvalue weighted by Crippen LogP contribution is 2.27. The predicted octanol–water partition coefficient (Wildman–Crippen LogP) is 1.97. The summed E-state index contributed by atoms with van der Waals surface area (Å²) in [4.78, 5) is 11.5. The van der Waals surface area contributed by atoms with Gasteiger partial charge >= 0.3 is 5.97 Å². The van der Waals surface area contributed by atoms with Gasteiger partial charge in [-0.15, -0.1) is 0 Å². The lowest BCUT2D eigenvalue weighted by Crippen LogP contribution is -2.08. The van der Waals surface area contributed by atoms with Gasteiger partial charge < -0.3 is 14.6 Å². The third-order valence-corrected chi connectivity index (χ3v) is 1.87. The molecule has 0 amide bonds. The SMILES string of the molecule is CCCOC(=O)c1c(O)cccc1OC. The lowest BCUT2D eigenvalue weighted by molar-refractivity contribution is 0.0498. The molecule has 0 saturated heterocycles. The number of phenols is 1. The van der Waals surface area contributed by atoms with E-state index < -0.39 is 5.97 Å². The Morgan fingerprint density at radius 2 is 2.20 bits per heavy atom. The van der Waals surface area contributed by atoms with Crippen LogP contribution in [0.2, 0.25) is 0 Å². The van der Waals surface area contributed by atoms with Crippen molar-refractivity contribution in [1.82, 2.24) is 0 Å². The molecule has 0 aliphatic heterocycles. The lowest BCUT2D eigenvalue weighted by Gasteiger charge is -2.09. The van der Waals surface area contributed by atoms with E-state index >= 15 is 0 Å². The van der Waals surface area contributed by atoms with Crippen molar-refractivity contribution in [3.63, 3.8) is 0 Å². The molecule has 0 spiro atoms. The standard InChI is InChI=1S/C11H14O4/c1-3-7-15-11(13)10-8(12)5-4-6-9(10)14-2/h4-6,12H,3,7H2,1-2H3. The van der Waals surface area contributed by atoms with Crippen molar-refractivity contribution in [2.24, 2.45) is 0 Å². The molecule has 0 atom stereocenters. The van der Waals surface area contributed by atoms with E-state index in [1.807, 2.05) is 6.92 Å². The fraction of sp³-hybridized carbons (Fsp3) is 0.364. The Bertz CT molecular complexity index is 346. The zero-order valence-corrected chi connectivity index (χ0v) is 8.82. The van der Waals surface area contributed by atoms with E-state index in [2.05, 4.69) is 0 Å². The summed E-state index contributed by atoms with van der Waals surface area (Å²) in [5.41, 5.74) is 0.0773. The second-order valence-corrected chi connectivity index (χ2v) is 2.99. The van der Waals surface area contributed by atoms with E-state index in [0.29, 0.717) is 12.4 Å². The monoisotopic (exact) mass is 210 g/mol. The average Bonchev–Trinajstić information content (AvgIpc) is 2.25. The zero-order chi connectivity index (χ0) is 11.3. The largest absolute Gasteiger partial charge is 0.507 e. The van der Waals surface area contributed by atoms with E-state index in [1.54, 1.807) is 12.1 Å². The second-order valence-electron chi connectivity index (χ2n) is 2.99. The molecule has 1 aromatic rings. The van der Waals surface area contributed by atoms with Crippen LogP contribution in [-0.2, 0) is 4.74 Å². The van der Waals surface area contributed by atoms with Gasteiger partial charge in [0.25, 0.3) is 0 Å². The van der Waals surface area contributed by atoms with Crippen molar-refractivity contribution in [3.8, 4) is 11.5 Å². The van der Waals surface area contributed by atoms with Crippen LogP contribution in [0, 0.1) is 0 Å². The van der Waals surface area contributed by atoms with E-state index in [1.165, 1.54) is 13.2 Å². The number of ether oxygens (including phenoxy) is 2. The highest BCUT2D eigenvalue weighted by Gasteiger charge is 2.17. The smallest absolute Gasteiger partial charge is 0.345 e. The number of hydrogen-bond donors (Lipinski definition) is 1. The van der Waals surface area contributed by atoms with Crippen LogP contribution in [0.3, 0.4) is 0 Å². The van der Waals surface area contributed by atoms with Crippen molar-refractivity contribution in [3.05, 3.63) is 23.8 Å². The van der Waals surface area contributed by atoms with Gasteiger partial charge in [0.15, 0.2) is 0 Å². The Morgan fingerprint density at radius 3 is 2.80 bits per heavy atom. The highest BCUT2D eigenvalue weighted by atomic mass is 16.5. The Morgan fingerprint density at radius 1 is 1.47 bits per heavy atom. The van der Waals surface area contributed by atoms with Crippen molar-refractivity contribution in [2.45, 2.75) is 13.3 Å². The van der Waals surface area contributed by atoms with Crippen molar-refractivity contribution in [1.29, 1.82) is 0 Å². The van der Waals surface area contributed by atoms with Crippen molar-refractivity contribution >= 4 is 5.97 Å². The maximum atomic E-state index is 11.5. The summed E-state index contributed by atoms with van der Waals surface area (Å²) in [6.07, 6.45) is 0.738. The van der Waals surface area contributed by atoms with Gasteiger partial charge in [-0.3, -0.25) is 0 Å². The van der Waals surface area contributed by atoms with Crippen molar-refractivity contribution < 1.29 is 19.4 Å². The summed E-state index contributed by atoms with van der Waals surface area (Å²) in [6.45, 7) is 2.23. The van der Waals surface area contributed by atoms with Gasteiger partial charge in [0.05, 0.1) is 13.7 Å². The van der Waals surface area contributed by atoms with E-state index in [0.717, 1.165) is 6.42 Å². The first-order chi connectivity index (χ1) is 7.20. The number of esters is 1. The molecule has 0 saturated carbocycles.